The number of ether oxygens (including phenoxy) is 1. The summed E-state index contributed by atoms with van der Waals surface area (Å²) in [5.41, 5.74) is 1.99. The molecule has 11 heteroatoms. The Balaban J connectivity index is 1.36. The lowest BCUT2D eigenvalue weighted by Crippen LogP contribution is -2.50. The van der Waals surface area contributed by atoms with Gasteiger partial charge in [0.1, 0.15) is 5.75 Å². The highest BCUT2D eigenvalue weighted by molar-refractivity contribution is 7.90. The lowest BCUT2D eigenvalue weighted by molar-refractivity contribution is -0.126. The molecule has 1 spiro atoms. The molecule has 40 heavy (non-hydrogen) atoms. The minimum Gasteiger partial charge on any atom is -0.495 e. The average Bonchev–Trinajstić information content (AvgIpc) is 3.22. The summed E-state index contributed by atoms with van der Waals surface area (Å²) in [5, 5.41) is 10.7. The molecule has 1 saturated heterocycles. The zero-order valence-electron chi connectivity index (χ0n) is 22.4. The van der Waals surface area contributed by atoms with Gasteiger partial charge in [0.2, 0.25) is 0 Å². The van der Waals surface area contributed by atoms with Crippen molar-refractivity contribution in [3.05, 3.63) is 46.8 Å². The highest BCUT2D eigenvalue weighted by Crippen LogP contribution is 2.49. The van der Waals surface area contributed by atoms with Crippen LogP contribution in [0.25, 0.3) is 10.1 Å². The summed E-state index contributed by atoms with van der Waals surface area (Å²) in [6.45, 7) is 2.23. The maximum atomic E-state index is 13.6. The van der Waals surface area contributed by atoms with Crippen molar-refractivity contribution >= 4 is 42.6 Å². The van der Waals surface area contributed by atoms with Crippen LogP contribution in [0.4, 0.5) is 24.5 Å². The number of benzene rings is 2. The Labute approximate surface area is 236 Å². The number of thiophene rings is 1. The number of alkyl halides is 3. The van der Waals surface area contributed by atoms with E-state index in [2.05, 4.69) is 27.8 Å². The van der Waals surface area contributed by atoms with Crippen molar-refractivity contribution in [1.82, 2.24) is 5.32 Å². The number of methoxy groups -OCH3 is 1. The van der Waals surface area contributed by atoms with Crippen molar-refractivity contribution in [2.45, 2.75) is 49.2 Å². The van der Waals surface area contributed by atoms with Crippen LogP contribution in [0.2, 0.25) is 0 Å². The van der Waals surface area contributed by atoms with Crippen molar-refractivity contribution in [1.29, 1.82) is 0 Å². The number of hydrogen-bond acceptors (Lipinski definition) is 7. The van der Waals surface area contributed by atoms with E-state index in [0.29, 0.717) is 33.2 Å². The molecule has 3 N–H and O–H groups in total. The number of piperidine rings is 1. The van der Waals surface area contributed by atoms with Gasteiger partial charge in [-0.25, -0.2) is 8.42 Å². The van der Waals surface area contributed by atoms with Gasteiger partial charge in [-0.15, -0.1) is 11.3 Å². The van der Waals surface area contributed by atoms with Gasteiger partial charge in [-0.05, 0) is 73.3 Å². The SMILES string of the molecule is COc1cc(S(C)(=O)=O)ccc1NCC#Cc1sc2c(NC3CC4(CCNCC4)C3)cccc2c1CC(F)(F)F. The van der Waals surface area contributed by atoms with Crippen LogP contribution in [0, 0.1) is 17.3 Å². The molecule has 0 atom stereocenters. The molecule has 0 amide bonds. The lowest BCUT2D eigenvalue weighted by atomic mass is 9.60. The van der Waals surface area contributed by atoms with Crippen LogP contribution < -0.4 is 20.7 Å². The molecule has 214 valence electrons. The van der Waals surface area contributed by atoms with E-state index in [1.165, 1.54) is 43.4 Å². The quantitative estimate of drug-likeness (QED) is 0.301. The van der Waals surface area contributed by atoms with E-state index in [-0.39, 0.29) is 17.0 Å². The monoisotopic (exact) mass is 591 g/mol. The maximum absolute atomic E-state index is 13.6. The van der Waals surface area contributed by atoms with Crippen molar-refractivity contribution < 1.29 is 26.3 Å². The molecule has 2 heterocycles. The van der Waals surface area contributed by atoms with Crippen LogP contribution in [0.15, 0.2) is 41.3 Å². The van der Waals surface area contributed by atoms with Crippen molar-refractivity contribution in [2.75, 3.05) is 43.6 Å². The number of rotatable bonds is 7. The Morgan fingerprint density at radius 3 is 2.58 bits per heavy atom. The first-order valence-electron chi connectivity index (χ1n) is 13.2. The average molecular weight is 592 g/mol. The largest absolute Gasteiger partial charge is 0.495 e. The number of sulfone groups is 1. The molecule has 2 fully saturated rings. The summed E-state index contributed by atoms with van der Waals surface area (Å²) in [5.74, 6) is 6.23. The first-order valence-corrected chi connectivity index (χ1v) is 15.9. The number of hydrogen-bond donors (Lipinski definition) is 3. The molecule has 2 aromatic carbocycles. The Bertz CT molecular complexity index is 1560. The minimum absolute atomic E-state index is 0.125. The Morgan fingerprint density at radius 1 is 1.15 bits per heavy atom. The van der Waals surface area contributed by atoms with E-state index in [1.54, 1.807) is 18.2 Å². The van der Waals surface area contributed by atoms with Gasteiger partial charge >= 0.3 is 6.18 Å². The van der Waals surface area contributed by atoms with Crippen molar-refractivity contribution in [3.8, 4) is 17.6 Å². The molecule has 2 aliphatic rings. The zero-order chi connectivity index (χ0) is 28.5. The van der Waals surface area contributed by atoms with Gasteiger partial charge in [-0.3, -0.25) is 0 Å². The predicted octanol–water partition coefficient (Wildman–Crippen LogP) is 5.83. The van der Waals surface area contributed by atoms with Crippen LogP contribution in [0.3, 0.4) is 0 Å². The zero-order valence-corrected chi connectivity index (χ0v) is 24.0. The molecule has 1 saturated carbocycles. The fourth-order valence-electron chi connectivity index (χ4n) is 5.75. The Morgan fingerprint density at radius 2 is 1.90 bits per heavy atom. The third-order valence-corrected chi connectivity index (χ3v) is 10.1. The summed E-state index contributed by atoms with van der Waals surface area (Å²) in [4.78, 5) is 0.520. The first kappa shape index (κ1) is 28.6. The van der Waals surface area contributed by atoms with Gasteiger partial charge in [0.25, 0.3) is 0 Å². The van der Waals surface area contributed by atoms with E-state index >= 15 is 0 Å². The normalized spacial score (nSPS) is 17.2. The third-order valence-electron chi connectivity index (χ3n) is 7.75. The number of anilines is 2. The molecule has 5 rings (SSSR count). The molecule has 1 aliphatic heterocycles. The number of halogens is 3. The molecule has 6 nitrogen and oxygen atoms in total. The number of nitrogens with one attached hydrogen (secondary N) is 3. The molecule has 0 unspecified atom stereocenters. The first-order chi connectivity index (χ1) is 19.0. The van der Waals surface area contributed by atoms with Gasteiger partial charge in [0.15, 0.2) is 9.84 Å². The smallest absolute Gasteiger partial charge is 0.393 e. The van der Waals surface area contributed by atoms with Gasteiger partial charge in [0.05, 0.1) is 45.9 Å². The van der Waals surface area contributed by atoms with E-state index in [4.69, 9.17) is 4.74 Å². The van der Waals surface area contributed by atoms with Gasteiger partial charge in [-0.1, -0.05) is 24.0 Å². The Hall–Kier alpha value is -2.94. The fourth-order valence-corrected chi connectivity index (χ4v) is 7.55. The second-order valence-corrected chi connectivity index (χ2v) is 13.7. The fraction of sp³-hybridized carbons (Fsp3) is 0.448. The number of fused-ring (bicyclic) bond motifs is 1. The van der Waals surface area contributed by atoms with Crippen molar-refractivity contribution in [3.63, 3.8) is 0 Å². The van der Waals surface area contributed by atoms with Crippen LogP contribution in [0.5, 0.6) is 5.75 Å². The van der Waals surface area contributed by atoms with E-state index in [9.17, 15) is 21.6 Å². The van der Waals surface area contributed by atoms with Crippen LogP contribution >= 0.6 is 11.3 Å². The second kappa shape index (κ2) is 11.1. The minimum atomic E-state index is -4.36. The lowest BCUT2D eigenvalue weighted by Gasteiger charge is -2.51. The molecule has 3 aromatic rings. The van der Waals surface area contributed by atoms with Gasteiger partial charge in [-0.2, -0.15) is 13.2 Å². The third kappa shape index (κ3) is 6.35. The summed E-state index contributed by atoms with van der Waals surface area (Å²) >= 11 is 1.29. The molecular weight excluding hydrogens is 559 g/mol. The highest BCUT2D eigenvalue weighted by atomic mass is 32.2. The summed E-state index contributed by atoms with van der Waals surface area (Å²) in [6.07, 6.45) is 0.210. The molecule has 0 bridgehead atoms. The van der Waals surface area contributed by atoms with Gasteiger partial charge in [0, 0.05) is 18.4 Å². The Kier molecular flexibility index (Phi) is 7.97. The molecule has 0 radical (unpaired) electrons. The van der Waals surface area contributed by atoms with E-state index in [1.807, 2.05) is 6.07 Å². The predicted molar refractivity (Wildman–Crippen MR) is 154 cm³/mol. The standard InChI is InChI=1S/C29H32F3N3O3S2/c1-38-25-15-20(40(2,36)37)8-9-23(25)34-12-4-7-26-22(18-29(30,31)32)21-5-3-6-24(27(21)39-26)35-19-16-28(17-19)10-13-33-14-11-28/h3,5-6,8-9,15,19,33-35H,10-14,16-18H2,1-2H3. The maximum Gasteiger partial charge on any atom is 0.393 e. The molecular formula is C29H32F3N3O3S2. The van der Waals surface area contributed by atoms with Crippen LogP contribution in [0.1, 0.15) is 36.1 Å². The summed E-state index contributed by atoms with van der Waals surface area (Å²) < 4.78 is 70.5. The summed E-state index contributed by atoms with van der Waals surface area (Å²) in [7, 11) is -1.97. The highest BCUT2D eigenvalue weighted by Gasteiger charge is 2.44. The summed E-state index contributed by atoms with van der Waals surface area (Å²) in [6, 6.07) is 10.3. The second-order valence-electron chi connectivity index (χ2n) is 10.7. The topological polar surface area (TPSA) is 79.5 Å². The van der Waals surface area contributed by atoms with Crippen LogP contribution in [-0.2, 0) is 16.3 Å². The van der Waals surface area contributed by atoms with Crippen molar-refractivity contribution in [2.24, 2.45) is 5.41 Å². The van der Waals surface area contributed by atoms with Gasteiger partial charge < -0.3 is 20.7 Å². The molecule has 1 aliphatic carbocycles. The molecule has 1 aromatic heterocycles. The van der Waals surface area contributed by atoms with E-state index < -0.39 is 22.4 Å². The van der Waals surface area contributed by atoms with E-state index in [0.717, 1.165) is 42.6 Å². The van der Waals surface area contributed by atoms with Crippen LogP contribution in [-0.4, -0.2) is 53.6 Å².